The topological polar surface area (TPSA) is 24.4 Å². The van der Waals surface area contributed by atoms with Gasteiger partial charge in [0.05, 0.1) is 12.3 Å². The molecule has 2 nitrogen and oxygen atoms in total. The second kappa shape index (κ2) is 5.13. The molecule has 0 aromatic heterocycles. The van der Waals surface area contributed by atoms with Crippen LogP contribution in [0.4, 0.5) is 0 Å². The summed E-state index contributed by atoms with van der Waals surface area (Å²) in [5, 5.41) is 3.32. The summed E-state index contributed by atoms with van der Waals surface area (Å²) in [6.07, 6.45) is 0. The van der Waals surface area contributed by atoms with Crippen molar-refractivity contribution in [1.29, 1.82) is 0 Å². The van der Waals surface area contributed by atoms with E-state index in [1.165, 1.54) is 27.1 Å². The van der Waals surface area contributed by atoms with Crippen LogP contribution in [-0.4, -0.2) is 24.7 Å². The average molecular weight is 248 g/mol. The number of aryl methyl sites for hydroxylation is 2. The van der Waals surface area contributed by atoms with Gasteiger partial charge in [-0.1, -0.05) is 6.07 Å². The maximum Gasteiger partial charge on any atom is 0.107 e. The summed E-state index contributed by atoms with van der Waals surface area (Å²) in [4.78, 5) is 5.87. The molecule has 0 atom stereocenters. The van der Waals surface area contributed by atoms with E-state index >= 15 is 0 Å². The number of aliphatic imine (C=N–C) groups is 1. The average Bonchev–Trinajstić information content (AvgIpc) is 2.79. The Hall–Kier alpha value is -0.960. The molecule has 0 radical (unpaired) electrons. The van der Waals surface area contributed by atoms with Crippen LogP contribution in [-0.2, 0) is 0 Å². The molecule has 0 saturated heterocycles. The molecular formula is C14H20N2S. The smallest absolute Gasteiger partial charge is 0.107 e. The summed E-state index contributed by atoms with van der Waals surface area (Å²) >= 11 is 1.91. The summed E-state index contributed by atoms with van der Waals surface area (Å²) in [5.74, 6) is 2.11. The third-order valence-corrected chi connectivity index (χ3v) is 4.71. The number of nitrogens with zero attached hydrogens (tertiary/aromatic N) is 1. The Bertz CT molecular complexity index is 438. The summed E-state index contributed by atoms with van der Waals surface area (Å²) < 4.78 is 0. The van der Waals surface area contributed by atoms with Gasteiger partial charge in [-0.2, -0.15) is 0 Å². The number of hydrogen-bond acceptors (Lipinski definition) is 3. The lowest BCUT2D eigenvalue weighted by Crippen LogP contribution is -2.20. The van der Waals surface area contributed by atoms with Crippen molar-refractivity contribution >= 4 is 17.6 Å². The molecule has 1 aliphatic heterocycles. The van der Waals surface area contributed by atoms with Crippen molar-refractivity contribution in [2.45, 2.75) is 32.6 Å². The minimum absolute atomic E-state index is 0.931. The largest absolute Gasteiger partial charge is 0.371 e. The van der Waals surface area contributed by atoms with Crippen LogP contribution in [0.2, 0.25) is 0 Å². The second-order valence-electron chi connectivity index (χ2n) is 4.63. The first-order valence-corrected chi connectivity index (χ1v) is 7.05. The van der Waals surface area contributed by atoms with E-state index in [9.17, 15) is 0 Å². The Morgan fingerprint density at radius 2 is 1.82 bits per heavy atom. The van der Waals surface area contributed by atoms with Crippen molar-refractivity contribution < 1.29 is 0 Å². The maximum atomic E-state index is 4.44. The van der Waals surface area contributed by atoms with Crippen molar-refractivity contribution in [3.8, 4) is 0 Å². The van der Waals surface area contributed by atoms with Gasteiger partial charge in [0.1, 0.15) is 5.84 Å². The van der Waals surface area contributed by atoms with E-state index in [0.717, 1.165) is 24.7 Å². The number of rotatable bonds is 3. The molecule has 1 N–H and O–H groups in total. The normalized spacial score (nSPS) is 14.7. The molecule has 3 heteroatoms. The lowest BCUT2D eigenvalue weighted by molar-refractivity contribution is 0.959. The first-order chi connectivity index (χ1) is 8.09. The van der Waals surface area contributed by atoms with Crippen LogP contribution in [0.3, 0.4) is 0 Å². The van der Waals surface area contributed by atoms with Gasteiger partial charge in [0.25, 0.3) is 0 Å². The lowest BCUT2D eigenvalue weighted by atomic mass is 10.0. The van der Waals surface area contributed by atoms with Crippen molar-refractivity contribution in [2.75, 3.05) is 18.8 Å². The van der Waals surface area contributed by atoms with Gasteiger partial charge in [-0.3, -0.25) is 4.99 Å². The highest BCUT2D eigenvalue weighted by Crippen LogP contribution is 2.30. The van der Waals surface area contributed by atoms with Crippen LogP contribution in [0.1, 0.15) is 22.3 Å². The zero-order valence-electron chi connectivity index (χ0n) is 11.1. The van der Waals surface area contributed by atoms with E-state index in [1.54, 1.807) is 0 Å². The monoisotopic (exact) mass is 248 g/mol. The van der Waals surface area contributed by atoms with Crippen LogP contribution < -0.4 is 5.32 Å². The number of amidine groups is 1. The highest BCUT2D eigenvalue weighted by Gasteiger charge is 2.11. The molecule has 0 aliphatic carbocycles. The fourth-order valence-electron chi connectivity index (χ4n) is 2.08. The van der Waals surface area contributed by atoms with Crippen molar-refractivity contribution in [1.82, 2.24) is 5.32 Å². The number of hydrogen-bond donors (Lipinski definition) is 1. The molecule has 0 amide bonds. The van der Waals surface area contributed by atoms with Gasteiger partial charge in [0, 0.05) is 11.4 Å². The molecule has 1 aromatic rings. The zero-order chi connectivity index (χ0) is 12.4. The van der Waals surface area contributed by atoms with Gasteiger partial charge in [-0.05, 0) is 49.9 Å². The zero-order valence-corrected chi connectivity index (χ0v) is 11.9. The SMILES string of the molecule is Cc1cc(C)c(C)c(SCC2=NCCN2)c1C. The fraction of sp³-hybridized carbons (Fsp3) is 0.500. The van der Waals surface area contributed by atoms with Gasteiger partial charge in [-0.25, -0.2) is 0 Å². The molecule has 17 heavy (non-hydrogen) atoms. The van der Waals surface area contributed by atoms with Crippen LogP contribution in [0.5, 0.6) is 0 Å². The Kier molecular flexibility index (Phi) is 3.77. The van der Waals surface area contributed by atoms with Gasteiger partial charge in [0.15, 0.2) is 0 Å². The van der Waals surface area contributed by atoms with Crippen LogP contribution in [0.25, 0.3) is 0 Å². The van der Waals surface area contributed by atoms with E-state index in [-0.39, 0.29) is 0 Å². The Labute approximate surface area is 108 Å². The highest BCUT2D eigenvalue weighted by atomic mass is 32.2. The van der Waals surface area contributed by atoms with Gasteiger partial charge >= 0.3 is 0 Å². The Morgan fingerprint density at radius 3 is 2.35 bits per heavy atom. The standard InChI is InChI=1S/C14H20N2S/c1-9-7-10(2)12(4)14(11(9)3)17-8-13-15-5-6-16-13/h7H,5-6,8H2,1-4H3,(H,15,16). The lowest BCUT2D eigenvalue weighted by Gasteiger charge is -2.14. The predicted octanol–water partition coefficient (Wildman–Crippen LogP) is 3.01. The quantitative estimate of drug-likeness (QED) is 0.832. The van der Waals surface area contributed by atoms with E-state index in [0.29, 0.717) is 0 Å². The molecule has 1 aliphatic rings. The molecular weight excluding hydrogens is 228 g/mol. The van der Waals surface area contributed by atoms with Crippen LogP contribution >= 0.6 is 11.8 Å². The minimum Gasteiger partial charge on any atom is -0.371 e. The van der Waals surface area contributed by atoms with Crippen molar-refractivity contribution in [3.05, 3.63) is 28.3 Å². The van der Waals surface area contributed by atoms with E-state index < -0.39 is 0 Å². The third kappa shape index (κ3) is 2.65. The molecule has 0 bridgehead atoms. The molecule has 0 spiro atoms. The van der Waals surface area contributed by atoms with Crippen LogP contribution in [0.15, 0.2) is 16.0 Å². The van der Waals surface area contributed by atoms with Crippen molar-refractivity contribution in [3.63, 3.8) is 0 Å². The van der Waals surface area contributed by atoms with Crippen LogP contribution in [0, 0.1) is 27.7 Å². The molecule has 92 valence electrons. The Morgan fingerprint density at radius 1 is 1.18 bits per heavy atom. The van der Waals surface area contributed by atoms with E-state index in [4.69, 9.17) is 0 Å². The minimum atomic E-state index is 0.931. The highest BCUT2D eigenvalue weighted by molar-refractivity contribution is 8.00. The molecule has 2 rings (SSSR count). The number of benzene rings is 1. The summed E-state index contributed by atoms with van der Waals surface area (Å²) in [6.45, 7) is 10.7. The maximum absolute atomic E-state index is 4.44. The summed E-state index contributed by atoms with van der Waals surface area (Å²) in [7, 11) is 0. The number of nitrogens with one attached hydrogen (secondary N) is 1. The molecule has 0 unspecified atom stereocenters. The first kappa shape index (κ1) is 12.5. The molecule has 0 fully saturated rings. The first-order valence-electron chi connectivity index (χ1n) is 6.07. The van der Waals surface area contributed by atoms with Gasteiger partial charge < -0.3 is 5.32 Å². The Balaban J connectivity index is 2.19. The third-order valence-electron chi connectivity index (χ3n) is 3.39. The van der Waals surface area contributed by atoms with Gasteiger partial charge in [0.2, 0.25) is 0 Å². The molecule has 0 saturated carbocycles. The summed E-state index contributed by atoms with van der Waals surface area (Å²) in [5.41, 5.74) is 5.60. The summed E-state index contributed by atoms with van der Waals surface area (Å²) in [6, 6.07) is 2.28. The van der Waals surface area contributed by atoms with E-state index in [1.807, 2.05) is 11.8 Å². The number of thioether (sulfide) groups is 1. The van der Waals surface area contributed by atoms with Crippen molar-refractivity contribution in [2.24, 2.45) is 4.99 Å². The predicted molar refractivity (Wildman–Crippen MR) is 76.4 cm³/mol. The molecule has 1 aromatic carbocycles. The second-order valence-corrected chi connectivity index (χ2v) is 5.62. The molecule has 1 heterocycles. The van der Waals surface area contributed by atoms with E-state index in [2.05, 4.69) is 44.1 Å². The van der Waals surface area contributed by atoms with Gasteiger partial charge in [-0.15, -0.1) is 11.8 Å². The fourth-order valence-corrected chi connectivity index (χ4v) is 3.31.